The first-order valence-corrected chi connectivity index (χ1v) is 5.56. The summed E-state index contributed by atoms with van der Waals surface area (Å²) in [4.78, 5) is 14.2. The van der Waals surface area contributed by atoms with E-state index < -0.39 is 11.0 Å². The molecule has 0 aliphatic heterocycles. The van der Waals surface area contributed by atoms with Crippen LogP contribution in [0, 0.1) is 10.1 Å². The van der Waals surface area contributed by atoms with Crippen molar-refractivity contribution in [3.63, 3.8) is 0 Å². The number of non-ortho nitro benzene ring substituents is 1. The molecule has 0 spiro atoms. The minimum absolute atomic E-state index is 0.0100. The predicted molar refractivity (Wildman–Crippen MR) is 68.1 cm³/mol. The van der Waals surface area contributed by atoms with Crippen LogP contribution in [0.25, 0.3) is 11.4 Å². The first-order valence-electron chi connectivity index (χ1n) is 5.56. The highest BCUT2D eigenvalue weighted by molar-refractivity contribution is 5.56. The van der Waals surface area contributed by atoms with Crippen LogP contribution in [0.15, 0.2) is 41.4 Å². The molecule has 7 nitrogen and oxygen atoms in total. The molecule has 7 heteroatoms. The lowest BCUT2D eigenvalue weighted by Crippen LogP contribution is -2.09. The van der Waals surface area contributed by atoms with Crippen LogP contribution < -0.4 is 5.73 Å². The monoisotopic (exact) mass is 260 g/mol. The SMILES string of the molecule is C=CCC(N)c1nc(-c2ccc([N+](=O)[O-])cc2)no1. The van der Waals surface area contributed by atoms with Crippen molar-refractivity contribution >= 4 is 5.69 Å². The molecule has 1 aromatic carbocycles. The van der Waals surface area contributed by atoms with Crippen LogP contribution in [0.1, 0.15) is 18.4 Å². The highest BCUT2D eigenvalue weighted by Gasteiger charge is 2.15. The topological polar surface area (TPSA) is 108 Å². The molecule has 0 saturated heterocycles. The average molecular weight is 260 g/mol. The maximum absolute atomic E-state index is 10.5. The summed E-state index contributed by atoms with van der Waals surface area (Å²) in [5, 5.41) is 14.3. The lowest BCUT2D eigenvalue weighted by Gasteiger charge is -2.00. The van der Waals surface area contributed by atoms with Crippen LogP contribution in [-0.4, -0.2) is 15.1 Å². The van der Waals surface area contributed by atoms with E-state index in [2.05, 4.69) is 16.7 Å². The van der Waals surface area contributed by atoms with Crippen molar-refractivity contribution in [2.24, 2.45) is 5.73 Å². The fourth-order valence-electron chi connectivity index (χ4n) is 1.52. The van der Waals surface area contributed by atoms with Crippen LogP contribution in [-0.2, 0) is 0 Å². The first-order chi connectivity index (χ1) is 9.11. The quantitative estimate of drug-likeness (QED) is 0.501. The Morgan fingerprint density at radius 1 is 1.47 bits per heavy atom. The molecule has 0 fully saturated rings. The van der Waals surface area contributed by atoms with E-state index in [1.807, 2.05) is 0 Å². The second-order valence-electron chi connectivity index (χ2n) is 3.89. The number of rotatable bonds is 5. The highest BCUT2D eigenvalue weighted by Crippen LogP contribution is 2.21. The molecule has 0 aliphatic carbocycles. The number of hydrogen-bond donors (Lipinski definition) is 1. The number of nitro benzene ring substituents is 1. The maximum atomic E-state index is 10.5. The fourth-order valence-corrected chi connectivity index (χ4v) is 1.52. The predicted octanol–water partition coefficient (Wildman–Crippen LogP) is 2.22. The number of aromatic nitrogens is 2. The number of hydrogen-bond acceptors (Lipinski definition) is 6. The van der Waals surface area contributed by atoms with Crippen molar-refractivity contribution in [2.45, 2.75) is 12.5 Å². The third-order valence-electron chi connectivity index (χ3n) is 2.52. The Morgan fingerprint density at radius 2 is 2.16 bits per heavy atom. The molecule has 0 amide bonds. The molecule has 0 bridgehead atoms. The summed E-state index contributed by atoms with van der Waals surface area (Å²) in [6, 6.07) is 5.50. The van der Waals surface area contributed by atoms with Gasteiger partial charge in [-0.15, -0.1) is 6.58 Å². The van der Waals surface area contributed by atoms with Gasteiger partial charge in [-0.1, -0.05) is 11.2 Å². The van der Waals surface area contributed by atoms with Gasteiger partial charge in [0.2, 0.25) is 11.7 Å². The second kappa shape index (κ2) is 5.40. The third kappa shape index (κ3) is 2.83. The van der Waals surface area contributed by atoms with Gasteiger partial charge in [-0.05, 0) is 18.6 Å². The van der Waals surface area contributed by atoms with Gasteiger partial charge in [-0.3, -0.25) is 10.1 Å². The summed E-state index contributed by atoms with van der Waals surface area (Å²) < 4.78 is 5.04. The summed E-state index contributed by atoms with van der Waals surface area (Å²) >= 11 is 0. The number of nitro groups is 1. The largest absolute Gasteiger partial charge is 0.337 e. The Balaban J connectivity index is 2.22. The summed E-state index contributed by atoms with van der Waals surface area (Å²) in [5.74, 6) is 0.665. The number of nitrogens with two attached hydrogens (primary N) is 1. The van der Waals surface area contributed by atoms with Gasteiger partial charge in [0, 0.05) is 17.7 Å². The minimum atomic E-state index is -0.467. The molecule has 2 aromatic rings. The molecule has 1 aromatic heterocycles. The van der Waals surface area contributed by atoms with E-state index in [0.717, 1.165) is 0 Å². The van der Waals surface area contributed by atoms with Crippen LogP contribution >= 0.6 is 0 Å². The van der Waals surface area contributed by atoms with E-state index in [1.165, 1.54) is 12.1 Å². The average Bonchev–Trinajstić information content (AvgIpc) is 2.89. The summed E-state index contributed by atoms with van der Waals surface area (Å²) in [6.07, 6.45) is 2.20. The fraction of sp³-hybridized carbons (Fsp3) is 0.167. The lowest BCUT2D eigenvalue weighted by molar-refractivity contribution is -0.384. The molecule has 1 unspecified atom stereocenters. The van der Waals surface area contributed by atoms with Gasteiger partial charge in [-0.2, -0.15) is 4.98 Å². The number of benzene rings is 1. The van der Waals surface area contributed by atoms with Gasteiger partial charge >= 0.3 is 0 Å². The molecular weight excluding hydrogens is 248 g/mol. The molecule has 19 heavy (non-hydrogen) atoms. The van der Waals surface area contributed by atoms with E-state index in [9.17, 15) is 10.1 Å². The van der Waals surface area contributed by atoms with Crippen LogP contribution in [0.2, 0.25) is 0 Å². The van der Waals surface area contributed by atoms with Gasteiger partial charge in [0.15, 0.2) is 0 Å². The third-order valence-corrected chi connectivity index (χ3v) is 2.52. The number of nitrogens with zero attached hydrogens (tertiary/aromatic N) is 3. The van der Waals surface area contributed by atoms with Crippen LogP contribution in [0.3, 0.4) is 0 Å². The molecule has 0 radical (unpaired) electrons. The van der Waals surface area contributed by atoms with Crippen molar-refractivity contribution in [3.8, 4) is 11.4 Å². The van der Waals surface area contributed by atoms with E-state index in [0.29, 0.717) is 23.7 Å². The van der Waals surface area contributed by atoms with E-state index in [-0.39, 0.29) is 5.69 Å². The van der Waals surface area contributed by atoms with Gasteiger partial charge in [0.05, 0.1) is 11.0 Å². The molecule has 2 N–H and O–H groups in total. The molecular formula is C12H12N4O3. The summed E-state index contributed by atoms with van der Waals surface area (Å²) in [6.45, 7) is 3.58. The Morgan fingerprint density at radius 3 is 2.74 bits per heavy atom. The standard InChI is InChI=1S/C12H12N4O3/c1-2-3-10(13)12-14-11(15-19-12)8-4-6-9(7-5-8)16(17)18/h2,4-7,10H,1,3,13H2. The van der Waals surface area contributed by atoms with Crippen molar-refractivity contribution in [3.05, 3.63) is 52.9 Å². The highest BCUT2D eigenvalue weighted by atomic mass is 16.6. The zero-order valence-electron chi connectivity index (χ0n) is 10.0. The van der Waals surface area contributed by atoms with E-state index in [4.69, 9.17) is 10.3 Å². The first kappa shape index (κ1) is 12.9. The lowest BCUT2D eigenvalue weighted by atomic mass is 10.2. The van der Waals surface area contributed by atoms with Gasteiger partial charge in [0.25, 0.3) is 5.69 Å². The molecule has 0 aliphatic rings. The van der Waals surface area contributed by atoms with Crippen molar-refractivity contribution in [2.75, 3.05) is 0 Å². The normalized spacial score (nSPS) is 12.1. The van der Waals surface area contributed by atoms with Crippen molar-refractivity contribution in [1.29, 1.82) is 0 Å². The zero-order valence-corrected chi connectivity index (χ0v) is 10.0. The molecule has 98 valence electrons. The molecule has 2 rings (SSSR count). The van der Waals surface area contributed by atoms with Crippen LogP contribution in [0.5, 0.6) is 0 Å². The van der Waals surface area contributed by atoms with Gasteiger partial charge in [0.1, 0.15) is 0 Å². The van der Waals surface area contributed by atoms with Gasteiger partial charge < -0.3 is 10.3 Å². The minimum Gasteiger partial charge on any atom is -0.337 e. The Labute approximate surface area is 108 Å². The maximum Gasteiger partial charge on any atom is 0.269 e. The summed E-state index contributed by atoms with van der Waals surface area (Å²) in [7, 11) is 0. The second-order valence-corrected chi connectivity index (χ2v) is 3.89. The van der Waals surface area contributed by atoms with Crippen molar-refractivity contribution < 1.29 is 9.45 Å². The Bertz CT molecular complexity index is 591. The van der Waals surface area contributed by atoms with Crippen molar-refractivity contribution in [1.82, 2.24) is 10.1 Å². The van der Waals surface area contributed by atoms with Gasteiger partial charge in [-0.25, -0.2) is 0 Å². The van der Waals surface area contributed by atoms with E-state index in [1.54, 1.807) is 18.2 Å². The molecule has 0 saturated carbocycles. The molecule has 1 heterocycles. The summed E-state index contributed by atoms with van der Waals surface area (Å²) in [5.41, 5.74) is 6.44. The molecule has 1 atom stereocenters. The zero-order chi connectivity index (χ0) is 13.8. The Hall–Kier alpha value is -2.54. The smallest absolute Gasteiger partial charge is 0.269 e. The van der Waals surface area contributed by atoms with E-state index >= 15 is 0 Å². The Kier molecular flexibility index (Phi) is 3.67. The van der Waals surface area contributed by atoms with Crippen LogP contribution in [0.4, 0.5) is 5.69 Å².